The van der Waals surface area contributed by atoms with Gasteiger partial charge in [-0.3, -0.25) is 4.79 Å². The van der Waals surface area contributed by atoms with E-state index in [1.807, 2.05) is 36.9 Å². The van der Waals surface area contributed by atoms with Crippen molar-refractivity contribution in [1.82, 2.24) is 10.2 Å². The predicted molar refractivity (Wildman–Crippen MR) is 104 cm³/mol. The molecule has 2 aliphatic rings. The molecule has 0 bridgehead atoms. The van der Waals surface area contributed by atoms with Crippen molar-refractivity contribution in [2.45, 2.75) is 37.6 Å². The fourth-order valence-corrected chi connectivity index (χ4v) is 4.99. The summed E-state index contributed by atoms with van der Waals surface area (Å²) < 4.78 is 34.0. The van der Waals surface area contributed by atoms with Crippen molar-refractivity contribution >= 4 is 21.8 Å². The molecule has 1 saturated heterocycles. The fraction of sp³-hybridized carbons (Fsp3) is 0.400. The van der Waals surface area contributed by atoms with E-state index in [0.717, 1.165) is 11.5 Å². The standard InChI is InChI=1S/C20H23N3O4S/c1-13-7-8-17(27-13)14(2)21-20(24)15-9-11-23(12-10-15)19-16-5-3-4-6-18(16)28(25,26)22-19/h3-8,14-15H,9-12H2,1-2H3,(H,21,24). The summed E-state index contributed by atoms with van der Waals surface area (Å²) in [7, 11) is -3.62. The van der Waals surface area contributed by atoms with E-state index < -0.39 is 10.0 Å². The fourth-order valence-electron chi connectivity index (χ4n) is 3.76. The molecular formula is C20H23N3O4S. The number of benzene rings is 1. The number of furan rings is 1. The molecule has 1 fully saturated rings. The van der Waals surface area contributed by atoms with Crippen molar-refractivity contribution in [2.75, 3.05) is 13.1 Å². The molecule has 1 aromatic heterocycles. The van der Waals surface area contributed by atoms with Crippen LogP contribution in [0.4, 0.5) is 0 Å². The van der Waals surface area contributed by atoms with E-state index in [9.17, 15) is 13.2 Å². The number of aryl methyl sites for hydroxylation is 1. The summed E-state index contributed by atoms with van der Waals surface area (Å²) in [5.74, 6) is 1.95. The van der Waals surface area contributed by atoms with Crippen molar-refractivity contribution in [2.24, 2.45) is 10.3 Å². The topological polar surface area (TPSA) is 92.0 Å². The molecule has 7 nitrogen and oxygen atoms in total. The molecule has 2 aliphatic heterocycles. The van der Waals surface area contributed by atoms with Gasteiger partial charge < -0.3 is 14.6 Å². The Morgan fingerprint density at radius 3 is 2.61 bits per heavy atom. The molecule has 0 aliphatic carbocycles. The van der Waals surface area contributed by atoms with Crippen LogP contribution in [0, 0.1) is 12.8 Å². The SMILES string of the molecule is Cc1ccc(C(C)NC(=O)C2CCN(C3=NS(=O)(=O)c4ccccc43)CC2)o1. The lowest BCUT2D eigenvalue weighted by Crippen LogP contribution is -2.43. The van der Waals surface area contributed by atoms with Gasteiger partial charge >= 0.3 is 0 Å². The van der Waals surface area contributed by atoms with E-state index in [4.69, 9.17) is 4.42 Å². The van der Waals surface area contributed by atoms with Gasteiger partial charge in [-0.25, -0.2) is 0 Å². The van der Waals surface area contributed by atoms with Crippen molar-refractivity contribution < 1.29 is 17.6 Å². The normalized spacial score (nSPS) is 19.8. The summed E-state index contributed by atoms with van der Waals surface area (Å²) in [6.45, 7) is 4.96. The second-order valence-corrected chi connectivity index (χ2v) is 8.90. The summed E-state index contributed by atoms with van der Waals surface area (Å²) >= 11 is 0. The van der Waals surface area contributed by atoms with Gasteiger partial charge in [-0.2, -0.15) is 8.42 Å². The lowest BCUT2D eigenvalue weighted by atomic mass is 9.95. The zero-order chi connectivity index (χ0) is 19.9. The summed E-state index contributed by atoms with van der Waals surface area (Å²) in [5.41, 5.74) is 0.646. The summed E-state index contributed by atoms with van der Waals surface area (Å²) in [6.07, 6.45) is 1.30. The third-order valence-electron chi connectivity index (χ3n) is 5.32. The first-order chi connectivity index (χ1) is 13.3. The van der Waals surface area contributed by atoms with Gasteiger partial charge in [-0.15, -0.1) is 4.40 Å². The van der Waals surface area contributed by atoms with E-state index in [1.54, 1.807) is 18.2 Å². The number of nitrogens with one attached hydrogen (secondary N) is 1. The smallest absolute Gasteiger partial charge is 0.285 e. The van der Waals surface area contributed by atoms with Gasteiger partial charge in [-0.05, 0) is 51.0 Å². The molecule has 1 amide bonds. The van der Waals surface area contributed by atoms with Crippen LogP contribution in [0.5, 0.6) is 0 Å². The number of nitrogens with zero attached hydrogens (tertiary/aromatic N) is 2. The number of amides is 1. The van der Waals surface area contributed by atoms with Crippen LogP contribution in [0.15, 0.2) is 50.1 Å². The summed E-state index contributed by atoms with van der Waals surface area (Å²) in [5, 5.41) is 3.01. The van der Waals surface area contributed by atoms with Gasteiger partial charge in [0.15, 0.2) is 5.84 Å². The molecule has 1 N–H and O–H groups in total. The highest BCUT2D eigenvalue weighted by Crippen LogP contribution is 2.30. The first-order valence-corrected chi connectivity index (χ1v) is 10.9. The molecule has 1 unspecified atom stereocenters. The van der Waals surface area contributed by atoms with E-state index in [-0.39, 0.29) is 22.8 Å². The second-order valence-electron chi connectivity index (χ2n) is 7.33. The lowest BCUT2D eigenvalue weighted by molar-refractivity contribution is -0.126. The van der Waals surface area contributed by atoms with Crippen LogP contribution in [0.1, 0.15) is 42.9 Å². The number of carbonyl (C=O) groups excluding carboxylic acids is 1. The minimum atomic E-state index is -3.62. The Morgan fingerprint density at radius 2 is 1.93 bits per heavy atom. The molecule has 0 saturated carbocycles. The highest BCUT2D eigenvalue weighted by atomic mass is 32.2. The van der Waals surface area contributed by atoms with Crippen molar-refractivity contribution in [3.63, 3.8) is 0 Å². The molecule has 4 rings (SSSR count). The molecule has 3 heterocycles. The van der Waals surface area contributed by atoms with E-state index >= 15 is 0 Å². The monoisotopic (exact) mass is 401 g/mol. The number of hydrogen-bond acceptors (Lipinski definition) is 5. The Labute approximate surface area is 164 Å². The third kappa shape index (κ3) is 3.44. The average molecular weight is 401 g/mol. The Bertz CT molecular complexity index is 1030. The largest absolute Gasteiger partial charge is 0.464 e. The number of fused-ring (bicyclic) bond motifs is 1. The Hall–Kier alpha value is -2.61. The number of piperidine rings is 1. The van der Waals surface area contributed by atoms with Crippen LogP contribution in [0.2, 0.25) is 0 Å². The number of rotatable bonds is 3. The number of hydrogen-bond donors (Lipinski definition) is 1. The van der Waals surface area contributed by atoms with Gasteiger partial charge in [0, 0.05) is 24.6 Å². The van der Waals surface area contributed by atoms with Gasteiger partial charge in [0.2, 0.25) is 5.91 Å². The van der Waals surface area contributed by atoms with Crippen molar-refractivity contribution in [1.29, 1.82) is 0 Å². The number of likely N-dealkylation sites (tertiary alicyclic amines) is 1. The van der Waals surface area contributed by atoms with Gasteiger partial charge in [0.25, 0.3) is 10.0 Å². The maximum atomic E-state index is 12.6. The molecule has 1 aromatic carbocycles. The maximum absolute atomic E-state index is 12.6. The van der Waals surface area contributed by atoms with Crippen LogP contribution < -0.4 is 5.32 Å². The molecule has 148 valence electrons. The zero-order valence-electron chi connectivity index (χ0n) is 15.9. The molecule has 0 radical (unpaired) electrons. The zero-order valence-corrected chi connectivity index (χ0v) is 16.7. The number of carbonyl (C=O) groups is 1. The van der Waals surface area contributed by atoms with Crippen LogP contribution in [0.3, 0.4) is 0 Å². The minimum absolute atomic E-state index is 0.00239. The highest BCUT2D eigenvalue weighted by molar-refractivity contribution is 7.90. The Morgan fingerprint density at radius 1 is 1.21 bits per heavy atom. The molecule has 2 aromatic rings. The first-order valence-electron chi connectivity index (χ1n) is 9.41. The summed E-state index contributed by atoms with van der Waals surface area (Å²) in [4.78, 5) is 14.8. The van der Waals surface area contributed by atoms with Crippen LogP contribution >= 0.6 is 0 Å². The number of amidine groups is 1. The van der Waals surface area contributed by atoms with Crippen molar-refractivity contribution in [3.05, 3.63) is 53.5 Å². The van der Waals surface area contributed by atoms with Crippen LogP contribution in [0.25, 0.3) is 0 Å². The highest BCUT2D eigenvalue weighted by Gasteiger charge is 2.34. The van der Waals surface area contributed by atoms with Gasteiger partial charge in [0.1, 0.15) is 16.4 Å². The van der Waals surface area contributed by atoms with Crippen LogP contribution in [-0.4, -0.2) is 38.2 Å². The average Bonchev–Trinajstić information content (AvgIpc) is 3.23. The molecule has 1 atom stereocenters. The molecule has 28 heavy (non-hydrogen) atoms. The predicted octanol–water partition coefficient (Wildman–Crippen LogP) is 2.63. The molecule has 8 heteroatoms. The van der Waals surface area contributed by atoms with E-state index in [2.05, 4.69) is 9.71 Å². The first kappa shape index (κ1) is 18.7. The van der Waals surface area contributed by atoms with E-state index in [1.165, 1.54) is 0 Å². The second kappa shape index (κ2) is 7.09. The Balaban J connectivity index is 1.39. The molecule has 0 spiro atoms. The number of sulfonamides is 1. The quantitative estimate of drug-likeness (QED) is 0.854. The van der Waals surface area contributed by atoms with E-state index in [0.29, 0.717) is 37.3 Å². The summed E-state index contributed by atoms with van der Waals surface area (Å²) in [6, 6.07) is 10.4. The maximum Gasteiger partial charge on any atom is 0.285 e. The molecular weight excluding hydrogens is 378 g/mol. The van der Waals surface area contributed by atoms with Gasteiger partial charge in [0.05, 0.1) is 6.04 Å². The minimum Gasteiger partial charge on any atom is -0.464 e. The lowest BCUT2D eigenvalue weighted by Gasteiger charge is -2.33. The third-order valence-corrected chi connectivity index (χ3v) is 6.65. The van der Waals surface area contributed by atoms with Crippen LogP contribution in [-0.2, 0) is 14.8 Å². The Kier molecular flexibility index (Phi) is 4.74. The van der Waals surface area contributed by atoms with Gasteiger partial charge in [-0.1, -0.05) is 12.1 Å². The van der Waals surface area contributed by atoms with Crippen molar-refractivity contribution in [3.8, 4) is 0 Å².